The van der Waals surface area contributed by atoms with E-state index in [0.29, 0.717) is 11.5 Å². The first-order chi connectivity index (χ1) is 19.8. The maximum Gasteiger partial charge on any atom is 0.138 e. The number of hydrogen-bond acceptors (Lipinski definition) is 3. The summed E-state index contributed by atoms with van der Waals surface area (Å²) in [6.07, 6.45) is 10.5. The minimum atomic E-state index is 0.224. The molecule has 0 amide bonds. The zero-order valence-electron chi connectivity index (χ0n) is 21.6. The molecule has 2 aliphatic rings. The van der Waals surface area contributed by atoms with Gasteiger partial charge in [-0.1, -0.05) is 85.0 Å². The van der Waals surface area contributed by atoms with Crippen molar-refractivity contribution in [3.8, 4) is 34.1 Å². The Morgan fingerprint density at radius 1 is 0.725 bits per heavy atom. The lowest BCUT2D eigenvalue weighted by molar-refractivity contribution is 0.763. The Bertz CT molecular complexity index is 2070. The van der Waals surface area contributed by atoms with Crippen molar-refractivity contribution in [2.45, 2.75) is 12.0 Å². The van der Waals surface area contributed by atoms with Crippen LogP contribution in [0, 0.1) is 11.3 Å². The van der Waals surface area contributed by atoms with Gasteiger partial charge in [0.05, 0.1) is 28.7 Å². The Hall–Kier alpha value is -5.40. The minimum absolute atomic E-state index is 0.224. The summed E-state index contributed by atoms with van der Waals surface area (Å²) >= 11 is 0. The zero-order valence-corrected chi connectivity index (χ0v) is 21.6. The lowest BCUT2D eigenvalue weighted by atomic mass is 9.85. The minimum Gasteiger partial charge on any atom is -0.377 e. The highest BCUT2D eigenvalue weighted by atomic mass is 15.1. The predicted octanol–water partition coefficient (Wildman–Crippen LogP) is 8.39. The van der Waals surface area contributed by atoms with Crippen LogP contribution in [-0.2, 0) is 0 Å². The van der Waals surface area contributed by atoms with Gasteiger partial charge in [0.15, 0.2) is 0 Å². The number of fused-ring (bicyclic) bond motifs is 8. The molecular formula is C36H24N4. The van der Waals surface area contributed by atoms with Crippen LogP contribution >= 0.6 is 0 Å². The van der Waals surface area contributed by atoms with Crippen LogP contribution in [0.4, 0.5) is 5.69 Å². The number of allylic oxidation sites excluding steroid dienone is 2. The molecule has 2 aromatic heterocycles. The molecule has 1 N–H and O–H groups in total. The lowest BCUT2D eigenvalue weighted by Crippen LogP contribution is -2.24. The van der Waals surface area contributed by atoms with Crippen LogP contribution in [0.2, 0.25) is 0 Å². The van der Waals surface area contributed by atoms with E-state index in [2.05, 4.69) is 124 Å². The van der Waals surface area contributed by atoms with E-state index in [1.165, 1.54) is 16.7 Å². The first-order valence-corrected chi connectivity index (χ1v) is 13.5. The second-order valence-corrected chi connectivity index (χ2v) is 10.4. The molecule has 0 fully saturated rings. The van der Waals surface area contributed by atoms with Crippen LogP contribution in [0.3, 0.4) is 0 Å². The summed E-state index contributed by atoms with van der Waals surface area (Å²) in [6, 6.07) is 36.6. The number of nitriles is 1. The number of benzene rings is 4. The number of aromatic nitrogens is 2. The van der Waals surface area contributed by atoms with Crippen molar-refractivity contribution in [1.29, 1.82) is 5.26 Å². The summed E-state index contributed by atoms with van der Waals surface area (Å²) in [4.78, 5) is 4.65. The SMILES string of the molecule is N#Cc1ccnc(-n2c3ccccc3c3ccc(-c4ccc5c(c4)-c4ccccc4C4C=CC=CC4N5)cc32)c1. The maximum absolute atomic E-state index is 9.53. The number of nitrogens with one attached hydrogen (secondary N) is 1. The summed E-state index contributed by atoms with van der Waals surface area (Å²) < 4.78 is 2.17. The van der Waals surface area contributed by atoms with E-state index in [-0.39, 0.29) is 6.04 Å². The van der Waals surface area contributed by atoms with Crippen molar-refractivity contribution in [3.05, 3.63) is 139 Å². The van der Waals surface area contributed by atoms with E-state index in [1.54, 1.807) is 12.3 Å². The molecule has 3 heterocycles. The maximum atomic E-state index is 9.53. The zero-order chi connectivity index (χ0) is 26.6. The van der Waals surface area contributed by atoms with Crippen LogP contribution in [0.1, 0.15) is 17.0 Å². The van der Waals surface area contributed by atoms with E-state index in [9.17, 15) is 5.26 Å². The van der Waals surface area contributed by atoms with Crippen LogP contribution in [0.25, 0.3) is 49.9 Å². The van der Waals surface area contributed by atoms with Gasteiger partial charge in [0.25, 0.3) is 0 Å². The van der Waals surface area contributed by atoms with E-state index < -0.39 is 0 Å². The quantitative estimate of drug-likeness (QED) is 0.253. The molecule has 0 radical (unpaired) electrons. The molecule has 2 unspecified atom stereocenters. The van der Waals surface area contributed by atoms with Gasteiger partial charge in [-0.25, -0.2) is 4.98 Å². The first-order valence-electron chi connectivity index (χ1n) is 13.5. The average Bonchev–Trinajstić information content (AvgIpc) is 3.27. The predicted molar refractivity (Wildman–Crippen MR) is 163 cm³/mol. The molecule has 1 aliphatic carbocycles. The van der Waals surface area contributed by atoms with Crippen molar-refractivity contribution in [2.75, 3.05) is 5.32 Å². The van der Waals surface area contributed by atoms with Gasteiger partial charge in [-0.3, -0.25) is 4.57 Å². The molecule has 0 saturated heterocycles. The van der Waals surface area contributed by atoms with E-state index in [0.717, 1.165) is 44.4 Å². The summed E-state index contributed by atoms with van der Waals surface area (Å²) in [5.41, 5.74) is 10.00. The topological polar surface area (TPSA) is 53.6 Å². The van der Waals surface area contributed by atoms with Crippen LogP contribution < -0.4 is 5.32 Å². The highest BCUT2D eigenvalue weighted by Crippen LogP contribution is 2.44. The molecular weight excluding hydrogens is 488 g/mol. The molecule has 4 heteroatoms. The molecule has 6 aromatic rings. The fraction of sp³-hybridized carbons (Fsp3) is 0.0556. The third kappa shape index (κ3) is 3.42. The monoisotopic (exact) mass is 512 g/mol. The summed E-state index contributed by atoms with van der Waals surface area (Å²) in [7, 11) is 0. The Morgan fingerprint density at radius 2 is 1.52 bits per heavy atom. The Kier molecular flexibility index (Phi) is 4.98. The molecule has 4 aromatic carbocycles. The number of rotatable bonds is 2. The normalized spacial score (nSPS) is 17.0. The Labute approximate surface area is 232 Å². The molecule has 8 rings (SSSR count). The smallest absolute Gasteiger partial charge is 0.138 e. The van der Waals surface area contributed by atoms with Gasteiger partial charge in [0.2, 0.25) is 0 Å². The second kappa shape index (κ2) is 8.83. The standard InChI is InChI=1S/C36H24N4/c37-22-23-17-18-38-36(19-23)40-34-12-6-4-10-29(34)30-15-13-25(21-35(30)40)24-14-16-33-31(20-24)27-8-2-1-7-26(27)28-9-3-5-11-32(28)39-33/h1-21,28,32,39H. The van der Waals surface area contributed by atoms with Crippen molar-refractivity contribution in [1.82, 2.24) is 9.55 Å². The summed E-state index contributed by atoms with van der Waals surface area (Å²) in [5.74, 6) is 1.03. The van der Waals surface area contributed by atoms with Gasteiger partial charge >= 0.3 is 0 Å². The van der Waals surface area contributed by atoms with E-state index >= 15 is 0 Å². The van der Waals surface area contributed by atoms with Gasteiger partial charge in [-0.05, 0) is 58.7 Å². The molecule has 2 atom stereocenters. The van der Waals surface area contributed by atoms with Crippen molar-refractivity contribution < 1.29 is 0 Å². The molecule has 40 heavy (non-hydrogen) atoms. The number of nitrogens with zero attached hydrogens (tertiary/aromatic N) is 3. The van der Waals surface area contributed by atoms with Crippen molar-refractivity contribution >= 4 is 27.5 Å². The van der Waals surface area contributed by atoms with Gasteiger partial charge < -0.3 is 5.32 Å². The molecule has 0 spiro atoms. The highest BCUT2D eigenvalue weighted by Gasteiger charge is 2.28. The van der Waals surface area contributed by atoms with E-state index in [4.69, 9.17) is 0 Å². The molecule has 1 aliphatic heterocycles. The number of pyridine rings is 1. The average molecular weight is 513 g/mol. The first kappa shape index (κ1) is 22.6. The van der Waals surface area contributed by atoms with Crippen molar-refractivity contribution in [2.24, 2.45) is 0 Å². The van der Waals surface area contributed by atoms with Gasteiger partial charge in [-0.15, -0.1) is 0 Å². The number of hydrogen-bond donors (Lipinski definition) is 1. The van der Waals surface area contributed by atoms with Crippen LogP contribution in [-0.4, -0.2) is 15.6 Å². The number of anilines is 1. The fourth-order valence-corrected chi connectivity index (χ4v) is 6.33. The van der Waals surface area contributed by atoms with Crippen molar-refractivity contribution in [3.63, 3.8) is 0 Å². The Balaban J connectivity index is 1.33. The molecule has 4 nitrogen and oxygen atoms in total. The van der Waals surface area contributed by atoms with Crippen LogP contribution in [0.5, 0.6) is 0 Å². The molecule has 188 valence electrons. The summed E-state index contributed by atoms with van der Waals surface area (Å²) in [5, 5.41) is 15.7. The molecule has 0 saturated carbocycles. The Morgan fingerprint density at radius 3 is 2.48 bits per heavy atom. The highest BCUT2D eigenvalue weighted by molar-refractivity contribution is 6.10. The largest absolute Gasteiger partial charge is 0.377 e. The van der Waals surface area contributed by atoms with Gasteiger partial charge in [0.1, 0.15) is 5.82 Å². The fourth-order valence-electron chi connectivity index (χ4n) is 6.33. The second-order valence-electron chi connectivity index (χ2n) is 10.4. The molecule has 0 bridgehead atoms. The summed E-state index contributed by atoms with van der Waals surface area (Å²) in [6.45, 7) is 0. The van der Waals surface area contributed by atoms with Crippen LogP contribution in [0.15, 0.2) is 128 Å². The van der Waals surface area contributed by atoms with E-state index in [1.807, 2.05) is 12.1 Å². The lowest BCUT2D eigenvalue weighted by Gasteiger charge is -2.24. The van der Waals surface area contributed by atoms with Gasteiger partial charge in [0, 0.05) is 34.1 Å². The third-order valence-corrected chi connectivity index (χ3v) is 8.20. The number of para-hydroxylation sites is 1. The van der Waals surface area contributed by atoms with Gasteiger partial charge in [-0.2, -0.15) is 5.26 Å². The third-order valence-electron chi connectivity index (χ3n) is 8.20.